The minimum absolute atomic E-state index is 0.197. The summed E-state index contributed by atoms with van der Waals surface area (Å²) >= 11 is 6.60. The molecule has 30 heavy (non-hydrogen) atoms. The van der Waals surface area contributed by atoms with E-state index in [-0.39, 0.29) is 11.8 Å². The average Bonchev–Trinajstić information content (AvgIpc) is 3.00. The van der Waals surface area contributed by atoms with E-state index in [1.165, 1.54) is 22.2 Å². The number of carboxylic acids is 1. The van der Waals surface area contributed by atoms with E-state index in [0.29, 0.717) is 41.1 Å². The molecule has 160 valence electrons. The summed E-state index contributed by atoms with van der Waals surface area (Å²) in [7, 11) is 0. The smallest absolute Gasteiger partial charge is 0.306 e. The van der Waals surface area contributed by atoms with Crippen LogP contribution in [0.15, 0.2) is 29.2 Å². The topological polar surface area (TPSA) is 77.9 Å². The fourth-order valence-electron chi connectivity index (χ4n) is 3.66. The summed E-state index contributed by atoms with van der Waals surface area (Å²) in [6.45, 7) is 6.70. The molecule has 2 aliphatic heterocycles. The average molecular weight is 447 g/mol. The lowest BCUT2D eigenvalue weighted by Crippen LogP contribution is -2.51. The zero-order valence-electron chi connectivity index (χ0n) is 17.3. The van der Waals surface area contributed by atoms with Gasteiger partial charge >= 0.3 is 5.97 Å². The number of amides is 2. The normalized spacial score (nSPS) is 20.3. The first-order chi connectivity index (χ1) is 14.2. The van der Waals surface area contributed by atoms with Crippen molar-refractivity contribution in [3.05, 3.63) is 40.3 Å². The van der Waals surface area contributed by atoms with E-state index in [4.69, 9.17) is 17.3 Å². The maximum atomic E-state index is 13.0. The van der Waals surface area contributed by atoms with Crippen molar-refractivity contribution in [2.45, 2.75) is 45.6 Å². The highest BCUT2D eigenvalue weighted by atomic mass is 32.2. The van der Waals surface area contributed by atoms with Crippen LogP contribution in [0.4, 0.5) is 0 Å². The van der Waals surface area contributed by atoms with Gasteiger partial charge < -0.3 is 10.0 Å². The molecule has 2 fully saturated rings. The van der Waals surface area contributed by atoms with Crippen LogP contribution in [0.2, 0.25) is 0 Å². The highest BCUT2D eigenvalue weighted by Crippen LogP contribution is 2.34. The van der Waals surface area contributed by atoms with Crippen LogP contribution in [0.25, 0.3) is 6.08 Å². The Morgan fingerprint density at radius 3 is 2.30 bits per heavy atom. The highest BCUT2D eigenvalue weighted by molar-refractivity contribution is 8.26. The summed E-state index contributed by atoms with van der Waals surface area (Å²) in [6.07, 6.45) is 2.66. The number of hydrogen-bond donors (Lipinski definition) is 1. The fraction of sp³-hybridized carbons (Fsp3) is 0.455. The molecule has 0 bridgehead atoms. The number of rotatable bonds is 5. The van der Waals surface area contributed by atoms with E-state index < -0.39 is 17.9 Å². The van der Waals surface area contributed by atoms with Crippen molar-refractivity contribution in [2.24, 2.45) is 5.92 Å². The van der Waals surface area contributed by atoms with Gasteiger partial charge in [-0.3, -0.25) is 19.3 Å². The van der Waals surface area contributed by atoms with Gasteiger partial charge in [0.1, 0.15) is 10.4 Å². The molecule has 1 aromatic rings. The van der Waals surface area contributed by atoms with Crippen LogP contribution in [-0.4, -0.2) is 56.1 Å². The molecule has 2 heterocycles. The molecule has 2 saturated heterocycles. The van der Waals surface area contributed by atoms with E-state index in [0.717, 1.165) is 5.56 Å². The minimum Gasteiger partial charge on any atom is -0.481 e. The molecule has 1 N–H and O–H groups in total. The summed E-state index contributed by atoms with van der Waals surface area (Å²) in [6, 6.07) is 7.33. The summed E-state index contributed by atoms with van der Waals surface area (Å²) in [5, 5.41) is 9.12. The third kappa shape index (κ3) is 4.75. The molecule has 3 rings (SSSR count). The second-order valence-electron chi connectivity index (χ2n) is 7.99. The van der Waals surface area contributed by atoms with Gasteiger partial charge in [-0.1, -0.05) is 62.1 Å². The van der Waals surface area contributed by atoms with Gasteiger partial charge in [-0.2, -0.15) is 0 Å². The van der Waals surface area contributed by atoms with Gasteiger partial charge in [-0.25, -0.2) is 0 Å². The molecule has 1 aromatic carbocycles. The number of aliphatic carboxylic acids is 1. The van der Waals surface area contributed by atoms with Crippen molar-refractivity contribution in [3.63, 3.8) is 0 Å². The predicted molar refractivity (Wildman–Crippen MR) is 122 cm³/mol. The zero-order chi connectivity index (χ0) is 22.0. The number of likely N-dealkylation sites (tertiary alicyclic amines) is 1. The molecule has 8 heteroatoms. The first kappa shape index (κ1) is 22.5. The van der Waals surface area contributed by atoms with E-state index in [2.05, 4.69) is 13.8 Å². The Hall–Kier alpha value is -2.19. The third-order valence-electron chi connectivity index (χ3n) is 5.63. The Bertz CT molecular complexity index is 887. The van der Waals surface area contributed by atoms with Gasteiger partial charge in [-0.05, 0) is 42.9 Å². The fourth-order valence-corrected chi connectivity index (χ4v) is 5.08. The Balaban J connectivity index is 1.69. The van der Waals surface area contributed by atoms with Crippen molar-refractivity contribution in [1.82, 2.24) is 9.80 Å². The number of carbonyl (C=O) groups excluding carboxylic acids is 2. The molecular weight excluding hydrogens is 420 g/mol. The molecule has 6 nitrogen and oxygen atoms in total. The standard InChI is InChI=1S/C22H26N2O4S2/c1-13(2)16-6-4-15(5-7-16)12-18-20(26)24(22(29)30-18)14(3)19(25)23-10-8-17(9-11-23)21(27)28/h4-7,12-14,17H,8-11H2,1-3H3,(H,27,28). The van der Waals surface area contributed by atoms with Crippen molar-refractivity contribution >= 4 is 52.2 Å². The monoisotopic (exact) mass is 446 g/mol. The first-order valence-electron chi connectivity index (χ1n) is 10.1. The van der Waals surface area contributed by atoms with Gasteiger partial charge in [0.05, 0.1) is 10.8 Å². The molecule has 0 saturated carbocycles. The molecule has 1 atom stereocenters. The minimum atomic E-state index is -0.821. The second kappa shape index (κ2) is 9.31. The quantitative estimate of drug-likeness (QED) is 0.549. The van der Waals surface area contributed by atoms with E-state index in [1.807, 2.05) is 24.3 Å². The number of piperidine rings is 1. The molecular formula is C22H26N2O4S2. The molecule has 0 aliphatic carbocycles. The van der Waals surface area contributed by atoms with E-state index in [9.17, 15) is 14.4 Å². The maximum absolute atomic E-state index is 13.0. The van der Waals surface area contributed by atoms with Crippen LogP contribution < -0.4 is 0 Å². The molecule has 2 aliphatic rings. The molecule has 0 radical (unpaired) electrons. The molecule has 0 aromatic heterocycles. The largest absolute Gasteiger partial charge is 0.481 e. The Kier molecular flexibility index (Phi) is 6.98. The van der Waals surface area contributed by atoms with Crippen molar-refractivity contribution in [3.8, 4) is 0 Å². The van der Waals surface area contributed by atoms with Crippen molar-refractivity contribution in [1.29, 1.82) is 0 Å². The Morgan fingerprint density at radius 1 is 1.17 bits per heavy atom. The van der Waals surface area contributed by atoms with Gasteiger partial charge in [0.25, 0.3) is 5.91 Å². The number of carbonyl (C=O) groups is 3. The second-order valence-corrected chi connectivity index (χ2v) is 9.66. The Morgan fingerprint density at radius 2 is 1.77 bits per heavy atom. The first-order valence-corrected chi connectivity index (χ1v) is 11.3. The summed E-state index contributed by atoms with van der Waals surface area (Å²) in [4.78, 5) is 40.5. The predicted octanol–water partition coefficient (Wildman–Crippen LogP) is 3.72. The molecule has 2 amide bonds. The van der Waals surface area contributed by atoms with Crippen LogP contribution in [0, 0.1) is 5.92 Å². The lowest BCUT2D eigenvalue weighted by atomic mass is 9.96. The lowest BCUT2D eigenvalue weighted by Gasteiger charge is -2.34. The van der Waals surface area contributed by atoms with E-state index >= 15 is 0 Å². The van der Waals surface area contributed by atoms with Crippen LogP contribution >= 0.6 is 24.0 Å². The Labute approximate surface area is 186 Å². The van der Waals surface area contributed by atoms with Gasteiger partial charge in [0.2, 0.25) is 5.91 Å². The van der Waals surface area contributed by atoms with Gasteiger partial charge in [0.15, 0.2) is 0 Å². The third-order valence-corrected chi connectivity index (χ3v) is 6.96. The van der Waals surface area contributed by atoms with Crippen LogP contribution in [-0.2, 0) is 14.4 Å². The molecule has 1 unspecified atom stereocenters. The van der Waals surface area contributed by atoms with Crippen LogP contribution in [0.1, 0.15) is 50.7 Å². The number of hydrogen-bond acceptors (Lipinski definition) is 5. The SMILES string of the molecule is CC(C)c1ccc(C=C2SC(=S)N(C(C)C(=O)N3CCC(C(=O)O)CC3)C2=O)cc1. The highest BCUT2D eigenvalue weighted by Gasteiger charge is 2.40. The summed E-state index contributed by atoms with van der Waals surface area (Å²) < 4.78 is 0.367. The summed E-state index contributed by atoms with van der Waals surface area (Å²) in [5.74, 6) is -1.26. The lowest BCUT2D eigenvalue weighted by molar-refractivity contribution is -0.147. The maximum Gasteiger partial charge on any atom is 0.306 e. The van der Waals surface area contributed by atoms with Crippen LogP contribution in [0.3, 0.4) is 0 Å². The molecule has 0 spiro atoms. The number of thiocarbonyl (C=S) groups is 1. The number of thioether (sulfide) groups is 1. The van der Waals surface area contributed by atoms with Gasteiger partial charge in [0, 0.05) is 13.1 Å². The van der Waals surface area contributed by atoms with Crippen molar-refractivity contribution in [2.75, 3.05) is 13.1 Å². The van der Waals surface area contributed by atoms with Crippen molar-refractivity contribution < 1.29 is 19.5 Å². The zero-order valence-corrected chi connectivity index (χ0v) is 19.0. The van der Waals surface area contributed by atoms with Gasteiger partial charge in [-0.15, -0.1) is 0 Å². The van der Waals surface area contributed by atoms with Crippen LogP contribution in [0.5, 0.6) is 0 Å². The number of carboxylic acid groups (broad SMARTS) is 1. The number of benzene rings is 1. The summed E-state index contributed by atoms with van der Waals surface area (Å²) in [5.41, 5.74) is 2.14. The number of nitrogens with zero attached hydrogens (tertiary/aromatic N) is 2. The van der Waals surface area contributed by atoms with E-state index in [1.54, 1.807) is 17.9 Å².